The van der Waals surface area contributed by atoms with Crippen LogP contribution in [-0.4, -0.2) is 32.9 Å². The van der Waals surface area contributed by atoms with Gasteiger partial charge >= 0.3 is 0 Å². The van der Waals surface area contributed by atoms with Crippen molar-refractivity contribution in [2.45, 2.75) is 6.92 Å². The average molecular weight is 477 g/mol. The number of fused-ring (bicyclic) bond motifs is 1. The molecular formula is C28H24N6O2. The zero-order chi connectivity index (χ0) is 25.2. The van der Waals surface area contributed by atoms with Crippen molar-refractivity contribution >= 4 is 28.4 Å². The molecule has 0 fully saturated rings. The first-order valence-corrected chi connectivity index (χ1v) is 11.3. The number of aryl methyl sites for hydroxylation is 1. The van der Waals surface area contributed by atoms with Gasteiger partial charge in [-0.25, -0.2) is 15.0 Å². The molecular weight excluding hydrogens is 452 g/mol. The van der Waals surface area contributed by atoms with Gasteiger partial charge in [0.2, 0.25) is 11.8 Å². The van der Waals surface area contributed by atoms with E-state index in [1.165, 1.54) is 17.3 Å². The summed E-state index contributed by atoms with van der Waals surface area (Å²) in [7, 11) is 1.71. The molecule has 2 aromatic carbocycles. The summed E-state index contributed by atoms with van der Waals surface area (Å²) in [5.74, 6) is 1.41. The number of nitrogens with two attached hydrogens (primary N) is 1. The SMILES string of the molecule is C=CC(=O)N(C)c1ccc(-c2[nH]c3ncnc(N)c3c2-c2ccc(Oc3cccc(C)n3)cc2)cc1. The summed E-state index contributed by atoms with van der Waals surface area (Å²) in [6, 6.07) is 21.0. The number of benzene rings is 2. The van der Waals surface area contributed by atoms with Gasteiger partial charge < -0.3 is 20.4 Å². The molecule has 0 atom stereocenters. The molecule has 0 saturated carbocycles. The second-order valence-corrected chi connectivity index (χ2v) is 8.25. The third-order valence-corrected chi connectivity index (χ3v) is 5.90. The molecule has 0 aliphatic carbocycles. The zero-order valence-corrected chi connectivity index (χ0v) is 19.9. The van der Waals surface area contributed by atoms with Crippen LogP contribution in [0.5, 0.6) is 11.6 Å². The van der Waals surface area contributed by atoms with Crippen molar-refractivity contribution in [2.24, 2.45) is 0 Å². The van der Waals surface area contributed by atoms with E-state index in [0.717, 1.165) is 39.2 Å². The van der Waals surface area contributed by atoms with E-state index >= 15 is 0 Å². The average Bonchev–Trinajstić information content (AvgIpc) is 3.29. The Labute approximate surface area is 208 Å². The van der Waals surface area contributed by atoms with Crippen molar-refractivity contribution in [3.63, 3.8) is 0 Å². The molecule has 5 rings (SSSR count). The molecule has 0 unspecified atom stereocenters. The fraction of sp³-hybridized carbons (Fsp3) is 0.0714. The van der Waals surface area contributed by atoms with E-state index in [2.05, 4.69) is 26.5 Å². The highest BCUT2D eigenvalue weighted by Gasteiger charge is 2.19. The number of hydrogen-bond donors (Lipinski definition) is 2. The molecule has 3 heterocycles. The predicted octanol–water partition coefficient (Wildman–Crippen LogP) is 5.52. The van der Waals surface area contributed by atoms with Gasteiger partial charge in [-0.3, -0.25) is 4.79 Å². The topological polar surface area (TPSA) is 110 Å². The highest BCUT2D eigenvalue weighted by molar-refractivity contribution is 6.07. The number of ether oxygens (including phenoxy) is 1. The van der Waals surface area contributed by atoms with Crippen LogP contribution in [0.1, 0.15) is 5.69 Å². The molecule has 3 aromatic heterocycles. The molecule has 1 amide bonds. The summed E-state index contributed by atoms with van der Waals surface area (Å²) in [5.41, 5.74) is 12.1. The third-order valence-electron chi connectivity index (χ3n) is 5.90. The fourth-order valence-corrected chi connectivity index (χ4v) is 4.05. The van der Waals surface area contributed by atoms with Gasteiger partial charge in [0.05, 0.1) is 11.1 Å². The smallest absolute Gasteiger partial charge is 0.250 e. The molecule has 0 radical (unpaired) electrons. The van der Waals surface area contributed by atoms with Gasteiger partial charge in [0.25, 0.3) is 0 Å². The van der Waals surface area contributed by atoms with E-state index in [9.17, 15) is 4.79 Å². The maximum Gasteiger partial charge on any atom is 0.250 e. The lowest BCUT2D eigenvalue weighted by Gasteiger charge is -2.15. The number of H-pyrrole nitrogens is 1. The van der Waals surface area contributed by atoms with Crippen LogP contribution in [0.2, 0.25) is 0 Å². The molecule has 0 aliphatic rings. The number of aromatic amines is 1. The van der Waals surface area contributed by atoms with Gasteiger partial charge in [-0.1, -0.05) is 36.9 Å². The Morgan fingerprint density at radius 3 is 2.44 bits per heavy atom. The van der Waals surface area contributed by atoms with Crippen molar-refractivity contribution in [1.82, 2.24) is 19.9 Å². The number of anilines is 2. The molecule has 0 aliphatic heterocycles. The summed E-state index contributed by atoms with van der Waals surface area (Å²) >= 11 is 0. The Bertz CT molecular complexity index is 1570. The second kappa shape index (κ2) is 9.34. The minimum absolute atomic E-state index is 0.180. The van der Waals surface area contributed by atoms with Crippen LogP contribution < -0.4 is 15.4 Å². The van der Waals surface area contributed by atoms with Crippen LogP contribution >= 0.6 is 0 Å². The third kappa shape index (κ3) is 4.27. The first-order chi connectivity index (χ1) is 17.4. The lowest BCUT2D eigenvalue weighted by Crippen LogP contribution is -2.23. The lowest BCUT2D eigenvalue weighted by molar-refractivity contribution is -0.113. The number of hydrogen-bond acceptors (Lipinski definition) is 6. The number of nitrogens with one attached hydrogen (secondary N) is 1. The van der Waals surface area contributed by atoms with Crippen LogP contribution in [0, 0.1) is 6.92 Å². The number of carbonyl (C=O) groups excluding carboxylic acids is 1. The Balaban J connectivity index is 1.56. The number of nitrogen functional groups attached to an aromatic ring is 1. The van der Waals surface area contributed by atoms with E-state index in [1.54, 1.807) is 7.05 Å². The van der Waals surface area contributed by atoms with Crippen LogP contribution in [0.25, 0.3) is 33.4 Å². The van der Waals surface area contributed by atoms with Crippen molar-refractivity contribution in [3.05, 3.63) is 91.4 Å². The lowest BCUT2D eigenvalue weighted by atomic mass is 9.98. The number of aromatic nitrogens is 4. The number of carbonyl (C=O) groups is 1. The molecule has 0 bridgehead atoms. The molecule has 0 spiro atoms. The number of nitrogens with zero attached hydrogens (tertiary/aromatic N) is 4. The number of amides is 1. The first kappa shape index (κ1) is 22.8. The van der Waals surface area contributed by atoms with E-state index in [1.807, 2.05) is 73.7 Å². The van der Waals surface area contributed by atoms with Gasteiger partial charge in [-0.15, -0.1) is 0 Å². The Hall–Kier alpha value is -4.98. The summed E-state index contributed by atoms with van der Waals surface area (Å²) in [5, 5.41) is 0.740. The second-order valence-electron chi connectivity index (χ2n) is 8.25. The van der Waals surface area contributed by atoms with Crippen LogP contribution in [-0.2, 0) is 4.79 Å². The van der Waals surface area contributed by atoms with Crippen molar-refractivity contribution in [1.29, 1.82) is 0 Å². The zero-order valence-electron chi connectivity index (χ0n) is 19.9. The van der Waals surface area contributed by atoms with Gasteiger partial charge in [0.1, 0.15) is 23.5 Å². The molecule has 5 aromatic rings. The summed E-state index contributed by atoms with van der Waals surface area (Å²) < 4.78 is 5.91. The summed E-state index contributed by atoms with van der Waals surface area (Å²) in [4.78, 5) is 29.9. The quantitative estimate of drug-likeness (QED) is 0.312. The van der Waals surface area contributed by atoms with Crippen molar-refractivity contribution in [2.75, 3.05) is 17.7 Å². The predicted molar refractivity (Wildman–Crippen MR) is 142 cm³/mol. The Morgan fingerprint density at radius 1 is 1.03 bits per heavy atom. The molecule has 8 heteroatoms. The molecule has 178 valence electrons. The minimum atomic E-state index is -0.180. The van der Waals surface area contributed by atoms with Gasteiger partial charge in [-0.05, 0) is 54.5 Å². The number of rotatable bonds is 6. The molecule has 36 heavy (non-hydrogen) atoms. The van der Waals surface area contributed by atoms with E-state index in [-0.39, 0.29) is 5.91 Å². The highest BCUT2D eigenvalue weighted by Crippen LogP contribution is 2.40. The summed E-state index contributed by atoms with van der Waals surface area (Å²) in [6.07, 6.45) is 2.72. The molecule has 8 nitrogen and oxygen atoms in total. The maximum atomic E-state index is 12.0. The first-order valence-electron chi connectivity index (χ1n) is 11.3. The van der Waals surface area contributed by atoms with Crippen LogP contribution in [0.4, 0.5) is 11.5 Å². The monoisotopic (exact) mass is 476 g/mol. The normalized spacial score (nSPS) is 10.8. The van der Waals surface area contributed by atoms with Crippen molar-refractivity contribution in [3.8, 4) is 34.0 Å². The number of likely N-dealkylation sites (N-methyl/N-ethyl adjacent to an activating group) is 1. The fourth-order valence-electron chi connectivity index (χ4n) is 4.05. The Morgan fingerprint density at radius 2 is 1.75 bits per heavy atom. The summed E-state index contributed by atoms with van der Waals surface area (Å²) in [6.45, 7) is 5.47. The largest absolute Gasteiger partial charge is 0.439 e. The van der Waals surface area contributed by atoms with Crippen LogP contribution in [0.15, 0.2) is 85.7 Å². The van der Waals surface area contributed by atoms with Gasteiger partial charge in [0.15, 0.2) is 0 Å². The Kier molecular flexibility index (Phi) is 5.92. The van der Waals surface area contributed by atoms with Crippen LogP contribution in [0.3, 0.4) is 0 Å². The maximum absolute atomic E-state index is 12.0. The van der Waals surface area contributed by atoms with E-state index in [4.69, 9.17) is 10.5 Å². The van der Waals surface area contributed by atoms with E-state index < -0.39 is 0 Å². The van der Waals surface area contributed by atoms with Gasteiger partial charge in [0, 0.05) is 30.1 Å². The minimum Gasteiger partial charge on any atom is -0.439 e. The highest BCUT2D eigenvalue weighted by atomic mass is 16.5. The number of pyridine rings is 1. The molecule has 0 saturated heterocycles. The molecule has 3 N–H and O–H groups in total. The van der Waals surface area contributed by atoms with E-state index in [0.29, 0.717) is 23.1 Å². The standard InChI is InChI=1S/C28H24N6O2/c1-4-23(35)34(3)20-12-8-19(9-13-20)26-24(25-27(29)30-16-31-28(25)33-26)18-10-14-21(15-11-18)36-22-7-5-6-17(2)32-22/h4-16H,1H2,2-3H3,(H3,29,30,31,33). The van der Waals surface area contributed by atoms with Crippen molar-refractivity contribution < 1.29 is 9.53 Å². The van der Waals surface area contributed by atoms with Gasteiger partial charge in [-0.2, -0.15) is 0 Å².